The maximum atomic E-state index is 12.3. The van der Waals surface area contributed by atoms with Crippen molar-refractivity contribution < 1.29 is 19.4 Å². The Morgan fingerprint density at radius 1 is 1.09 bits per heavy atom. The molecular formula is C24H25N5O4. The van der Waals surface area contributed by atoms with Gasteiger partial charge in [0, 0.05) is 31.4 Å². The summed E-state index contributed by atoms with van der Waals surface area (Å²) in [5, 5.41) is 12.9. The molecule has 0 bridgehead atoms. The van der Waals surface area contributed by atoms with Crippen LogP contribution in [0.2, 0.25) is 0 Å². The normalized spacial score (nSPS) is 13.5. The first-order valence-electron chi connectivity index (χ1n) is 10.5. The highest BCUT2D eigenvalue weighted by Crippen LogP contribution is 2.33. The number of benzene rings is 1. The van der Waals surface area contributed by atoms with Crippen LogP contribution in [0.15, 0.2) is 54.9 Å². The van der Waals surface area contributed by atoms with Crippen LogP contribution in [0, 0.1) is 0 Å². The molecule has 33 heavy (non-hydrogen) atoms. The minimum absolute atomic E-state index is 0.0445. The van der Waals surface area contributed by atoms with Gasteiger partial charge in [-0.3, -0.25) is 9.59 Å². The number of aromatic nitrogens is 2. The predicted octanol–water partition coefficient (Wildman–Crippen LogP) is 2.70. The van der Waals surface area contributed by atoms with Crippen molar-refractivity contribution in [3.05, 3.63) is 60.4 Å². The first kappa shape index (κ1) is 22.2. The van der Waals surface area contributed by atoms with E-state index in [-0.39, 0.29) is 5.91 Å². The number of ether oxygens (including phenoxy) is 1. The summed E-state index contributed by atoms with van der Waals surface area (Å²) in [5.41, 5.74) is 3.62. The number of hydrogen-bond acceptors (Lipinski definition) is 7. The summed E-state index contributed by atoms with van der Waals surface area (Å²) >= 11 is 0. The summed E-state index contributed by atoms with van der Waals surface area (Å²) in [7, 11) is 3.44. The molecule has 2 N–H and O–H groups in total. The monoisotopic (exact) mass is 447 g/mol. The van der Waals surface area contributed by atoms with E-state index < -0.39 is 12.0 Å². The fourth-order valence-electron chi connectivity index (χ4n) is 3.47. The zero-order valence-corrected chi connectivity index (χ0v) is 18.6. The van der Waals surface area contributed by atoms with Gasteiger partial charge in [-0.1, -0.05) is 12.1 Å². The van der Waals surface area contributed by atoms with Crippen LogP contribution in [0.25, 0.3) is 11.1 Å². The van der Waals surface area contributed by atoms with Gasteiger partial charge in [-0.25, -0.2) is 9.97 Å². The lowest BCUT2D eigenvalue weighted by molar-refractivity contribution is -0.126. The number of pyridine rings is 2. The van der Waals surface area contributed by atoms with E-state index in [0.29, 0.717) is 41.8 Å². The molecule has 0 saturated heterocycles. The van der Waals surface area contributed by atoms with Crippen molar-refractivity contribution in [3.63, 3.8) is 0 Å². The zero-order chi connectivity index (χ0) is 23.5. The number of anilines is 3. The molecule has 9 nitrogen and oxygen atoms in total. The maximum Gasteiger partial charge on any atom is 0.255 e. The van der Waals surface area contributed by atoms with Crippen LogP contribution in [0.3, 0.4) is 0 Å². The van der Waals surface area contributed by atoms with Crippen LogP contribution < -0.4 is 15.0 Å². The molecule has 1 aliphatic heterocycles. The molecular weight excluding hydrogens is 422 g/mol. The van der Waals surface area contributed by atoms with Crippen LogP contribution in [0.5, 0.6) is 5.88 Å². The molecule has 0 saturated carbocycles. The largest absolute Gasteiger partial charge is 0.474 e. The number of carbonyl (C=O) groups excluding carboxylic acids is 2. The van der Waals surface area contributed by atoms with Gasteiger partial charge >= 0.3 is 0 Å². The molecule has 3 heterocycles. The lowest BCUT2D eigenvalue weighted by Crippen LogP contribution is -2.43. The van der Waals surface area contributed by atoms with Gasteiger partial charge < -0.3 is 25.0 Å². The van der Waals surface area contributed by atoms with Gasteiger partial charge in [0.15, 0.2) is 0 Å². The Bertz CT molecular complexity index is 1160. The number of amides is 2. The molecule has 3 aromatic rings. The number of nitrogens with one attached hydrogen (secondary N) is 1. The number of aliphatic hydroxyl groups excluding tert-OH is 1. The third-order valence-electron chi connectivity index (χ3n) is 5.21. The number of aliphatic hydroxyl groups is 1. The second-order valence-corrected chi connectivity index (χ2v) is 7.90. The van der Waals surface area contributed by atoms with E-state index in [0.717, 1.165) is 11.1 Å². The Balaban J connectivity index is 1.50. The topological polar surface area (TPSA) is 108 Å². The fourth-order valence-corrected chi connectivity index (χ4v) is 3.47. The maximum absolute atomic E-state index is 12.3. The van der Waals surface area contributed by atoms with Crippen molar-refractivity contribution in [1.29, 1.82) is 0 Å². The number of rotatable bonds is 5. The third kappa shape index (κ3) is 4.78. The fraction of sp³-hybridized carbons (Fsp3) is 0.250. The highest BCUT2D eigenvalue weighted by Gasteiger charge is 2.27. The van der Waals surface area contributed by atoms with E-state index in [4.69, 9.17) is 4.74 Å². The molecule has 1 aromatic carbocycles. The Morgan fingerprint density at radius 2 is 1.82 bits per heavy atom. The average Bonchev–Trinajstić information content (AvgIpc) is 2.83. The summed E-state index contributed by atoms with van der Waals surface area (Å²) in [6.45, 7) is 2.10. The molecule has 2 amide bonds. The zero-order valence-electron chi connectivity index (χ0n) is 18.6. The molecule has 1 aliphatic rings. The lowest BCUT2D eigenvalue weighted by atomic mass is 10.1. The van der Waals surface area contributed by atoms with Crippen molar-refractivity contribution in [3.8, 4) is 17.0 Å². The molecule has 9 heteroatoms. The predicted molar refractivity (Wildman–Crippen MR) is 125 cm³/mol. The van der Waals surface area contributed by atoms with Gasteiger partial charge in [0.2, 0.25) is 5.88 Å². The van der Waals surface area contributed by atoms with E-state index >= 15 is 0 Å². The molecule has 4 rings (SSSR count). The van der Waals surface area contributed by atoms with E-state index in [2.05, 4.69) is 15.3 Å². The number of nitrogens with zero attached hydrogens (tertiary/aromatic N) is 4. The first-order chi connectivity index (χ1) is 15.8. The SMILES string of the molecule is CC(O)C(=O)N1CCOc2ncc(Nc3ccc(-c4ccc(C(=O)N(C)C)cc4)cn3)cc21. The smallest absolute Gasteiger partial charge is 0.255 e. The molecule has 2 aromatic heterocycles. The van der Waals surface area contributed by atoms with Crippen LogP contribution in [-0.4, -0.2) is 65.1 Å². The standard InChI is InChI=1S/C24H25N5O4/c1-15(30)23(31)29-10-11-33-22-20(29)12-19(14-26-22)27-21-9-8-18(13-25-21)16-4-6-17(7-5-16)24(32)28(2)3/h4-9,12-15,30H,10-11H2,1-3H3,(H,25,27). The summed E-state index contributed by atoms with van der Waals surface area (Å²) in [4.78, 5) is 36.1. The van der Waals surface area contributed by atoms with Gasteiger partial charge in [0.05, 0.1) is 18.4 Å². The Morgan fingerprint density at radius 3 is 2.45 bits per heavy atom. The van der Waals surface area contributed by atoms with Crippen LogP contribution in [0.4, 0.5) is 17.2 Å². The minimum Gasteiger partial charge on any atom is -0.474 e. The summed E-state index contributed by atoms with van der Waals surface area (Å²) in [6.07, 6.45) is 2.23. The average molecular weight is 447 g/mol. The molecule has 1 unspecified atom stereocenters. The number of fused-ring (bicyclic) bond motifs is 1. The summed E-state index contributed by atoms with van der Waals surface area (Å²) in [5.74, 6) is 0.501. The van der Waals surface area contributed by atoms with Gasteiger partial charge in [-0.05, 0) is 42.8 Å². The van der Waals surface area contributed by atoms with Gasteiger partial charge in [0.25, 0.3) is 11.8 Å². The highest BCUT2D eigenvalue weighted by molar-refractivity contribution is 5.98. The van der Waals surface area contributed by atoms with Crippen molar-refractivity contribution in [2.24, 2.45) is 0 Å². The molecule has 0 aliphatic carbocycles. The first-order valence-corrected chi connectivity index (χ1v) is 10.5. The third-order valence-corrected chi connectivity index (χ3v) is 5.21. The van der Waals surface area contributed by atoms with Gasteiger partial charge in [0.1, 0.15) is 24.2 Å². The molecule has 0 radical (unpaired) electrons. The van der Waals surface area contributed by atoms with E-state index in [9.17, 15) is 14.7 Å². The Kier molecular flexibility index (Phi) is 6.23. The van der Waals surface area contributed by atoms with Crippen molar-refractivity contribution in [2.75, 3.05) is 37.5 Å². The second-order valence-electron chi connectivity index (χ2n) is 7.90. The number of hydrogen-bond donors (Lipinski definition) is 2. The summed E-state index contributed by atoms with van der Waals surface area (Å²) < 4.78 is 5.54. The van der Waals surface area contributed by atoms with E-state index in [1.165, 1.54) is 16.7 Å². The molecule has 1 atom stereocenters. The quantitative estimate of drug-likeness (QED) is 0.619. The number of carbonyl (C=O) groups is 2. The van der Waals surface area contributed by atoms with Crippen LogP contribution in [-0.2, 0) is 4.79 Å². The highest BCUT2D eigenvalue weighted by atomic mass is 16.5. The molecule has 0 spiro atoms. The lowest BCUT2D eigenvalue weighted by Gasteiger charge is -2.29. The Hall–Kier alpha value is -3.98. The van der Waals surface area contributed by atoms with Crippen molar-refractivity contribution >= 4 is 29.0 Å². The minimum atomic E-state index is -1.11. The van der Waals surface area contributed by atoms with Crippen LogP contribution >= 0.6 is 0 Å². The van der Waals surface area contributed by atoms with Crippen molar-refractivity contribution in [1.82, 2.24) is 14.9 Å². The Labute approximate surface area is 191 Å². The molecule has 170 valence electrons. The van der Waals surface area contributed by atoms with E-state index in [1.807, 2.05) is 24.3 Å². The van der Waals surface area contributed by atoms with Gasteiger partial charge in [-0.2, -0.15) is 0 Å². The van der Waals surface area contributed by atoms with Crippen LogP contribution in [0.1, 0.15) is 17.3 Å². The van der Waals surface area contributed by atoms with E-state index in [1.54, 1.807) is 44.7 Å². The molecule has 0 fully saturated rings. The van der Waals surface area contributed by atoms with Gasteiger partial charge in [-0.15, -0.1) is 0 Å². The van der Waals surface area contributed by atoms with Crippen molar-refractivity contribution in [2.45, 2.75) is 13.0 Å². The summed E-state index contributed by atoms with van der Waals surface area (Å²) in [6, 6.07) is 12.9. The second kappa shape index (κ2) is 9.25.